The second-order valence-corrected chi connectivity index (χ2v) is 3.41. The highest BCUT2D eigenvalue weighted by molar-refractivity contribution is 5.85. The van der Waals surface area contributed by atoms with E-state index in [1.165, 1.54) is 13.2 Å². The molecular formula is C13H14O5. The summed E-state index contributed by atoms with van der Waals surface area (Å²) in [6.07, 6.45) is 2.71. The molecule has 0 aliphatic heterocycles. The summed E-state index contributed by atoms with van der Waals surface area (Å²) in [4.78, 5) is 21.6. The van der Waals surface area contributed by atoms with Crippen molar-refractivity contribution < 1.29 is 24.2 Å². The zero-order valence-electron chi connectivity index (χ0n) is 10.2. The van der Waals surface area contributed by atoms with E-state index in [1.807, 2.05) is 0 Å². The summed E-state index contributed by atoms with van der Waals surface area (Å²) < 4.78 is 10.1. The Bertz CT molecular complexity index is 476. The zero-order valence-corrected chi connectivity index (χ0v) is 10.2. The molecule has 0 unspecified atom stereocenters. The fourth-order valence-electron chi connectivity index (χ4n) is 1.23. The van der Waals surface area contributed by atoms with Gasteiger partial charge in [0.25, 0.3) is 0 Å². The van der Waals surface area contributed by atoms with Crippen LogP contribution in [0.25, 0.3) is 6.08 Å². The van der Waals surface area contributed by atoms with E-state index in [2.05, 4.69) is 0 Å². The Morgan fingerprint density at radius 3 is 2.61 bits per heavy atom. The first-order valence-corrected chi connectivity index (χ1v) is 5.36. The topological polar surface area (TPSA) is 72.8 Å². The van der Waals surface area contributed by atoms with E-state index in [0.717, 1.165) is 6.08 Å². The Labute approximate surface area is 105 Å². The van der Waals surface area contributed by atoms with E-state index in [-0.39, 0.29) is 12.4 Å². The molecule has 0 bridgehead atoms. The largest absolute Gasteiger partial charge is 0.493 e. The molecule has 0 saturated heterocycles. The van der Waals surface area contributed by atoms with Crippen molar-refractivity contribution in [2.24, 2.45) is 0 Å². The van der Waals surface area contributed by atoms with Crippen molar-refractivity contribution in [3.63, 3.8) is 0 Å². The average molecular weight is 250 g/mol. The van der Waals surface area contributed by atoms with Crippen LogP contribution in [0.2, 0.25) is 0 Å². The quantitative estimate of drug-likeness (QED) is 0.492. The van der Waals surface area contributed by atoms with Crippen LogP contribution in [-0.2, 0) is 9.59 Å². The Morgan fingerprint density at radius 2 is 2.06 bits per heavy atom. The van der Waals surface area contributed by atoms with Gasteiger partial charge in [-0.05, 0) is 23.8 Å². The van der Waals surface area contributed by atoms with Crippen LogP contribution in [0.15, 0.2) is 24.3 Å². The van der Waals surface area contributed by atoms with Crippen LogP contribution in [0.5, 0.6) is 11.5 Å². The highest BCUT2D eigenvalue weighted by Gasteiger charge is 2.08. The number of carbonyl (C=O) groups excluding carboxylic acids is 1. The molecular weight excluding hydrogens is 236 g/mol. The van der Waals surface area contributed by atoms with E-state index in [1.54, 1.807) is 25.1 Å². The number of esters is 1. The summed E-state index contributed by atoms with van der Waals surface area (Å²) in [5.41, 5.74) is 0.644. The lowest BCUT2D eigenvalue weighted by Gasteiger charge is -2.09. The van der Waals surface area contributed by atoms with E-state index >= 15 is 0 Å². The first kappa shape index (κ1) is 13.8. The minimum Gasteiger partial charge on any atom is -0.493 e. The number of rotatable bonds is 5. The molecule has 0 aromatic heterocycles. The zero-order chi connectivity index (χ0) is 13.5. The number of carbonyl (C=O) groups is 2. The van der Waals surface area contributed by atoms with Crippen LogP contribution in [0.3, 0.4) is 0 Å². The second-order valence-electron chi connectivity index (χ2n) is 3.41. The van der Waals surface area contributed by atoms with Gasteiger partial charge in [-0.15, -0.1) is 0 Å². The molecule has 18 heavy (non-hydrogen) atoms. The smallest absolute Gasteiger partial charge is 0.328 e. The van der Waals surface area contributed by atoms with Crippen molar-refractivity contribution in [3.8, 4) is 11.5 Å². The fraction of sp³-hybridized carbons (Fsp3) is 0.231. The summed E-state index contributed by atoms with van der Waals surface area (Å²) >= 11 is 0. The molecule has 5 heteroatoms. The van der Waals surface area contributed by atoms with Crippen LogP contribution in [0, 0.1) is 0 Å². The van der Waals surface area contributed by atoms with Gasteiger partial charge in [0, 0.05) is 12.5 Å². The minimum atomic E-state index is -1.03. The number of aliphatic carboxylic acids is 1. The molecule has 0 saturated carbocycles. The number of carboxylic acid groups (broad SMARTS) is 1. The van der Waals surface area contributed by atoms with E-state index in [0.29, 0.717) is 17.1 Å². The predicted octanol–water partition coefficient (Wildman–Crippen LogP) is 2.11. The lowest BCUT2D eigenvalue weighted by molar-refractivity contribution is -0.134. The molecule has 0 aliphatic rings. The number of hydrogen-bond donors (Lipinski definition) is 1. The van der Waals surface area contributed by atoms with Gasteiger partial charge in [-0.3, -0.25) is 4.79 Å². The number of carboxylic acids is 1. The van der Waals surface area contributed by atoms with Gasteiger partial charge >= 0.3 is 11.9 Å². The molecule has 0 fully saturated rings. The molecule has 1 aromatic rings. The lowest BCUT2D eigenvalue weighted by Crippen LogP contribution is -2.06. The third kappa shape index (κ3) is 3.93. The molecule has 1 aromatic carbocycles. The standard InChI is InChI=1S/C13H14O5/c1-3-13(16)18-10-6-4-9(5-7-12(14)15)8-11(10)17-2/h4-8H,3H2,1-2H3,(H,14,15)/b7-5+. The van der Waals surface area contributed by atoms with E-state index in [9.17, 15) is 9.59 Å². The maximum atomic E-state index is 11.2. The normalized spacial score (nSPS) is 10.3. The van der Waals surface area contributed by atoms with E-state index in [4.69, 9.17) is 14.6 Å². The lowest BCUT2D eigenvalue weighted by atomic mass is 10.2. The molecule has 0 atom stereocenters. The molecule has 1 rings (SSSR count). The van der Waals surface area contributed by atoms with Crippen molar-refractivity contribution in [2.75, 3.05) is 7.11 Å². The Kier molecular flexibility index (Phi) is 4.92. The minimum absolute atomic E-state index is 0.268. The Balaban J connectivity index is 2.96. The first-order valence-electron chi connectivity index (χ1n) is 5.36. The summed E-state index contributed by atoms with van der Waals surface area (Å²) in [7, 11) is 1.45. The molecule has 96 valence electrons. The van der Waals surface area contributed by atoms with Gasteiger partial charge in [0.15, 0.2) is 11.5 Å². The van der Waals surface area contributed by atoms with Gasteiger partial charge in [-0.2, -0.15) is 0 Å². The molecule has 5 nitrogen and oxygen atoms in total. The first-order chi connectivity index (χ1) is 8.56. The second kappa shape index (κ2) is 6.44. The Morgan fingerprint density at radius 1 is 1.33 bits per heavy atom. The van der Waals surface area contributed by atoms with Gasteiger partial charge in [-0.25, -0.2) is 4.79 Å². The fourth-order valence-corrected chi connectivity index (χ4v) is 1.23. The number of ether oxygens (including phenoxy) is 2. The third-order valence-corrected chi connectivity index (χ3v) is 2.12. The highest BCUT2D eigenvalue weighted by atomic mass is 16.6. The van der Waals surface area contributed by atoms with Crippen molar-refractivity contribution in [2.45, 2.75) is 13.3 Å². The Hall–Kier alpha value is -2.30. The SMILES string of the molecule is CCC(=O)Oc1ccc(/C=C/C(=O)O)cc1OC. The molecule has 0 heterocycles. The third-order valence-electron chi connectivity index (χ3n) is 2.12. The van der Waals surface area contributed by atoms with Gasteiger partial charge in [0.2, 0.25) is 0 Å². The number of hydrogen-bond acceptors (Lipinski definition) is 4. The van der Waals surface area contributed by atoms with Gasteiger partial charge in [0.05, 0.1) is 7.11 Å². The molecule has 0 radical (unpaired) electrons. The van der Waals surface area contributed by atoms with Gasteiger partial charge in [-0.1, -0.05) is 13.0 Å². The van der Waals surface area contributed by atoms with E-state index < -0.39 is 5.97 Å². The van der Waals surface area contributed by atoms with Crippen LogP contribution in [0.4, 0.5) is 0 Å². The summed E-state index contributed by atoms with van der Waals surface area (Å²) in [6, 6.07) is 4.80. The van der Waals surface area contributed by atoms with Crippen molar-refractivity contribution >= 4 is 18.0 Å². The van der Waals surface area contributed by atoms with Crippen LogP contribution < -0.4 is 9.47 Å². The molecule has 0 spiro atoms. The van der Waals surface area contributed by atoms with Gasteiger partial charge < -0.3 is 14.6 Å². The van der Waals surface area contributed by atoms with Crippen LogP contribution >= 0.6 is 0 Å². The summed E-state index contributed by atoms with van der Waals surface area (Å²) in [5.74, 6) is -0.696. The van der Waals surface area contributed by atoms with Crippen molar-refractivity contribution in [3.05, 3.63) is 29.8 Å². The highest BCUT2D eigenvalue weighted by Crippen LogP contribution is 2.28. The van der Waals surface area contributed by atoms with Crippen LogP contribution in [-0.4, -0.2) is 24.2 Å². The van der Waals surface area contributed by atoms with Crippen molar-refractivity contribution in [1.29, 1.82) is 0 Å². The van der Waals surface area contributed by atoms with Crippen molar-refractivity contribution in [1.82, 2.24) is 0 Å². The maximum Gasteiger partial charge on any atom is 0.328 e. The van der Waals surface area contributed by atoms with Crippen LogP contribution in [0.1, 0.15) is 18.9 Å². The van der Waals surface area contributed by atoms with Gasteiger partial charge in [0.1, 0.15) is 0 Å². The number of methoxy groups -OCH3 is 1. The monoisotopic (exact) mass is 250 g/mol. The molecule has 0 aliphatic carbocycles. The summed E-state index contributed by atoms with van der Waals surface area (Å²) in [5, 5.41) is 8.52. The maximum absolute atomic E-state index is 11.2. The molecule has 0 amide bonds. The molecule has 1 N–H and O–H groups in total. The number of benzene rings is 1. The predicted molar refractivity (Wildman–Crippen MR) is 65.6 cm³/mol. The summed E-state index contributed by atoms with van der Waals surface area (Å²) in [6.45, 7) is 1.69. The average Bonchev–Trinajstić information content (AvgIpc) is 2.37.